The highest BCUT2D eigenvalue weighted by Crippen LogP contribution is 2.38. The highest BCUT2D eigenvalue weighted by molar-refractivity contribution is 6.32. The van der Waals surface area contributed by atoms with E-state index in [4.69, 9.17) is 16.3 Å². The number of rotatable bonds is 4. The minimum absolute atomic E-state index is 0.140. The van der Waals surface area contributed by atoms with E-state index >= 15 is 0 Å². The number of amides is 1. The molecule has 1 aliphatic heterocycles. The van der Waals surface area contributed by atoms with Crippen LogP contribution in [0.25, 0.3) is 0 Å². The molecule has 2 aromatic carbocycles. The number of halogens is 1. The van der Waals surface area contributed by atoms with Gasteiger partial charge in [0, 0.05) is 18.7 Å². The number of likely N-dealkylation sites (N-methyl/N-ethyl adjacent to an activating group) is 1. The zero-order valence-corrected chi connectivity index (χ0v) is 16.6. The lowest BCUT2D eigenvalue weighted by Gasteiger charge is -2.49. The van der Waals surface area contributed by atoms with Gasteiger partial charge in [-0.15, -0.1) is 0 Å². The number of benzene rings is 2. The Bertz CT molecular complexity index is 812. The van der Waals surface area contributed by atoms with Crippen molar-refractivity contribution in [1.29, 1.82) is 0 Å². The third-order valence-electron chi connectivity index (χ3n) is 5.47. The van der Waals surface area contributed by atoms with Gasteiger partial charge in [0.15, 0.2) is 0 Å². The fourth-order valence-electron chi connectivity index (χ4n) is 3.93. The standard InChI is InChI=1S/C21H25ClN2O3/c1-23(2)21(16-7-5-4-6-8-16)11-12-24(14-19(21)25)20(26)15-9-10-18(27-3)17(22)13-15/h4-10,13,19,25H,11-12,14H2,1-3H3/t19-,21+/m1/s1. The molecule has 0 unspecified atom stereocenters. The van der Waals surface area contributed by atoms with Gasteiger partial charge in [0.2, 0.25) is 0 Å². The van der Waals surface area contributed by atoms with Crippen LogP contribution < -0.4 is 4.74 Å². The maximum Gasteiger partial charge on any atom is 0.254 e. The smallest absolute Gasteiger partial charge is 0.254 e. The van der Waals surface area contributed by atoms with E-state index in [0.717, 1.165) is 5.56 Å². The van der Waals surface area contributed by atoms with Crippen molar-refractivity contribution in [1.82, 2.24) is 9.80 Å². The fourth-order valence-corrected chi connectivity index (χ4v) is 4.19. The SMILES string of the molecule is COc1ccc(C(=O)N2CC[C@@](c3ccccc3)(N(C)C)[C@H](O)C2)cc1Cl. The van der Waals surface area contributed by atoms with Crippen LogP contribution in [0.2, 0.25) is 5.02 Å². The molecule has 0 radical (unpaired) electrons. The predicted molar refractivity (Wildman–Crippen MR) is 106 cm³/mol. The third kappa shape index (κ3) is 3.55. The Morgan fingerprint density at radius 1 is 1.26 bits per heavy atom. The molecule has 0 saturated carbocycles. The van der Waals surface area contributed by atoms with Gasteiger partial charge in [0.25, 0.3) is 5.91 Å². The van der Waals surface area contributed by atoms with Gasteiger partial charge in [0.05, 0.1) is 23.8 Å². The van der Waals surface area contributed by atoms with E-state index in [2.05, 4.69) is 4.90 Å². The number of aliphatic hydroxyl groups excluding tert-OH is 1. The van der Waals surface area contributed by atoms with Gasteiger partial charge in [-0.1, -0.05) is 41.9 Å². The van der Waals surface area contributed by atoms with Gasteiger partial charge < -0.3 is 14.7 Å². The molecule has 1 heterocycles. The number of piperidine rings is 1. The molecule has 144 valence electrons. The Labute approximate surface area is 165 Å². The molecule has 3 rings (SSSR count). The predicted octanol–water partition coefficient (Wildman–Crippen LogP) is 3.01. The molecule has 1 aliphatic rings. The average Bonchev–Trinajstić information content (AvgIpc) is 2.67. The topological polar surface area (TPSA) is 53.0 Å². The van der Waals surface area contributed by atoms with Crippen LogP contribution in [0, 0.1) is 0 Å². The molecule has 1 fully saturated rings. The first-order valence-corrected chi connectivity index (χ1v) is 9.31. The van der Waals surface area contributed by atoms with Crippen molar-refractivity contribution < 1.29 is 14.6 Å². The number of hydrogen-bond acceptors (Lipinski definition) is 4. The van der Waals surface area contributed by atoms with Crippen LogP contribution in [0.1, 0.15) is 22.3 Å². The molecule has 2 aromatic rings. The number of nitrogens with zero attached hydrogens (tertiary/aromatic N) is 2. The second-order valence-electron chi connectivity index (χ2n) is 7.05. The van der Waals surface area contributed by atoms with E-state index in [9.17, 15) is 9.90 Å². The zero-order valence-electron chi connectivity index (χ0n) is 15.9. The van der Waals surface area contributed by atoms with Crippen molar-refractivity contribution in [2.75, 3.05) is 34.3 Å². The van der Waals surface area contributed by atoms with Crippen molar-refractivity contribution >= 4 is 17.5 Å². The first-order chi connectivity index (χ1) is 12.9. The van der Waals surface area contributed by atoms with Crippen LogP contribution in [0.5, 0.6) is 5.75 Å². The summed E-state index contributed by atoms with van der Waals surface area (Å²) in [7, 11) is 5.47. The number of hydrogen-bond donors (Lipinski definition) is 1. The number of β-amino-alcohol motifs (C(OH)–C–C–N with tert-alkyl or cyclic N) is 1. The summed E-state index contributed by atoms with van der Waals surface area (Å²) in [6.07, 6.45) is -0.0674. The molecule has 0 aromatic heterocycles. The van der Waals surface area contributed by atoms with Crippen LogP contribution in [0.4, 0.5) is 0 Å². The lowest BCUT2D eigenvalue weighted by atomic mass is 9.77. The van der Waals surface area contributed by atoms with Crippen LogP contribution in [-0.4, -0.2) is 61.2 Å². The Balaban J connectivity index is 1.83. The van der Waals surface area contributed by atoms with Crippen LogP contribution in [0.3, 0.4) is 0 Å². The molecule has 0 bridgehead atoms. The summed E-state index contributed by atoms with van der Waals surface area (Å²) < 4.78 is 5.14. The number of likely N-dealkylation sites (tertiary alicyclic amines) is 1. The second-order valence-corrected chi connectivity index (χ2v) is 7.46. The molecule has 1 N–H and O–H groups in total. The molecular weight excluding hydrogens is 364 g/mol. The zero-order chi connectivity index (χ0) is 19.6. The summed E-state index contributed by atoms with van der Waals surface area (Å²) in [5.74, 6) is 0.390. The summed E-state index contributed by atoms with van der Waals surface area (Å²) in [5, 5.41) is 11.5. The lowest BCUT2D eigenvalue weighted by molar-refractivity contribution is -0.0612. The summed E-state index contributed by atoms with van der Waals surface area (Å²) in [5.41, 5.74) is 1.03. The highest BCUT2D eigenvalue weighted by atomic mass is 35.5. The van der Waals surface area contributed by atoms with E-state index in [1.165, 1.54) is 7.11 Å². The molecule has 27 heavy (non-hydrogen) atoms. The first-order valence-electron chi connectivity index (χ1n) is 8.94. The number of ether oxygens (including phenoxy) is 1. The maximum absolute atomic E-state index is 12.9. The Morgan fingerprint density at radius 2 is 1.96 bits per heavy atom. The minimum Gasteiger partial charge on any atom is -0.495 e. The second kappa shape index (κ2) is 7.89. The summed E-state index contributed by atoms with van der Waals surface area (Å²) >= 11 is 6.16. The van der Waals surface area contributed by atoms with E-state index in [1.807, 2.05) is 44.4 Å². The third-order valence-corrected chi connectivity index (χ3v) is 5.76. The van der Waals surface area contributed by atoms with Crippen molar-refractivity contribution in [3.8, 4) is 5.75 Å². The van der Waals surface area contributed by atoms with Gasteiger partial charge in [0.1, 0.15) is 5.75 Å². The molecule has 6 heteroatoms. The van der Waals surface area contributed by atoms with E-state index in [-0.39, 0.29) is 12.5 Å². The molecular formula is C21H25ClN2O3. The van der Waals surface area contributed by atoms with Crippen molar-refractivity contribution in [3.05, 3.63) is 64.7 Å². The van der Waals surface area contributed by atoms with Crippen molar-refractivity contribution in [3.63, 3.8) is 0 Å². The molecule has 2 atom stereocenters. The summed E-state index contributed by atoms with van der Waals surface area (Å²) in [6.45, 7) is 0.808. The van der Waals surface area contributed by atoms with Gasteiger partial charge in [-0.2, -0.15) is 0 Å². The maximum atomic E-state index is 12.9. The van der Waals surface area contributed by atoms with Crippen molar-refractivity contribution in [2.24, 2.45) is 0 Å². The number of carbonyl (C=O) groups excluding carboxylic acids is 1. The normalized spacial score (nSPS) is 22.7. The quantitative estimate of drug-likeness (QED) is 0.874. The van der Waals surface area contributed by atoms with Gasteiger partial charge >= 0.3 is 0 Å². The first kappa shape index (κ1) is 19.7. The largest absolute Gasteiger partial charge is 0.495 e. The number of carbonyl (C=O) groups is 1. The Kier molecular flexibility index (Phi) is 5.75. The molecule has 1 amide bonds. The van der Waals surface area contributed by atoms with Gasteiger partial charge in [-0.05, 0) is 44.3 Å². The fraction of sp³-hybridized carbons (Fsp3) is 0.381. The monoisotopic (exact) mass is 388 g/mol. The summed E-state index contributed by atoms with van der Waals surface area (Å²) in [6, 6.07) is 15.0. The Hall–Kier alpha value is -2.08. The molecule has 0 spiro atoms. The molecule has 5 nitrogen and oxygen atoms in total. The summed E-state index contributed by atoms with van der Waals surface area (Å²) in [4.78, 5) is 16.7. The van der Waals surface area contributed by atoms with E-state index < -0.39 is 11.6 Å². The van der Waals surface area contributed by atoms with E-state index in [0.29, 0.717) is 29.3 Å². The highest BCUT2D eigenvalue weighted by Gasteiger charge is 2.46. The van der Waals surface area contributed by atoms with Gasteiger partial charge in [-0.3, -0.25) is 9.69 Å². The van der Waals surface area contributed by atoms with Crippen LogP contribution >= 0.6 is 11.6 Å². The van der Waals surface area contributed by atoms with Gasteiger partial charge in [-0.25, -0.2) is 0 Å². The number of methoxy groups -OCH3 is 1. The van der Waals surface area contributed by atoms with E-state index in [1.54, 1.807) is 23.1 Å². The number of aliphatic hydroxyl groups is 1. The van der Waals surface area contributed by atoms with Crippen LogP contribution in [0.15, 0.2) is 48.5 Å². The molecule has 0 aliphatic carbocycles. The Morgan fingerprint density at radius 3 is 2.52 bits per heavy atom. The van der Waals surface area contributed by atoms with Crippen LogP contribution in [-0.2, 0) is 5.54 Å². The minimum atomic E-state index is -0.707. The lowest BCUT2D eigenvalue weighted by Crippen LogP contribution is -2.60. The van der Waals surface area contributed by atoms with Crippen molar-refractivity contribution in [2.45, 2.75) is 18.1 Å². The molecule has 1 saturated heterocycles. The average molecular weight is 389 g/mol.